The number of nitrogens with zero attached hydrogens (tertiary/aromatic N) is 5. The number of piperidine rings is 1. The molecule has 2 aliphatic rings. The Labute approximate surface area is 215 Å². The number of hydrogen-bond acceptors (Lipinski definition) is 7. The molecule has 2 aromatic rings. The summed E-state index contributed by atoms with van der Waals surface area (Å²) in [4.78, 5) is 21.2. The van der Waals surface area contributed by atoms with Gasteiger partial charge in [0.1, 0.15) is 0 Å². The van der Waals surface area contributed by atoms with Gasteiger partial charge in [-0.25, -0.2) is 8.42 Å². The molecule has 2 fully saturated rings. The van der Waals surface area contributed by atoms with Gasteiger partial charge in [0.25, 0.3) is 0 Å². The Morgan fingerprint density at radius 3 is 2.38 bits per heavy atom. The van der Waals surface area contributed by atoms with Gasteiger partial charge in [0, 0.05) is 56.6 Å². The van der Waals surface area contributed by atoms with Gasteiger partial charge in [-0.2, -0.15) is 9.29 Å². The summed E-state index contributed by atoms with van der Waals surface area (Å²) in [7, 11) is -3.50. The van der Waals surface area contributed by atoms with E-state index in [1.54, 1.807) is 24.3 Å². The number of sulfonamides is 1. The molecule has 0 aliphatic carbocycles. The van der Waals surface area contributed by atoms with E-state index in [2.05, 4.69) is 37.9 Å². The number of hydrogen-bond donors (Lipinski definition) is 0. The first kappa shape index (κ1) is 27.1. The van der Waals surface area contributed by atoms with Crippen molar-refractivity contribution in [2.45, 2.75) is 44.0 Å². The SMILES string of the molecule is CC1CCN(C(=O)CCc2nc(CN3CCN(S(=O)(=O)c4ccc(Br)cc4)CC3)no2)CC1.Cl. The van der Waals surface area contributed by atoms with Crippen LogP contribution in [-0.2, 0) is 27.8 Å². The predicted octanol–water partition coefficient (Wildman–Crippen LogP) is 2.95. The summed E-state index contributed by atoms with van der Waals surface area (Å²) >= 11 is 3.33. The molecule has 0 spiro atoms. The van der Waals surface area contributed by atoms with Crippen molar-refractivity contribution in [1.29, 1.82) is 0 Å². The summed E-state index contributed by atoms with van der Waals surface area (Å²) in [5.41, 5.74) is 0. The van der Waals surface area contributed by atoms with Gasteiger partial charge in [-0.3, -0.25) is 9.69 Å². The second-order valence-corrected chi connectivity index (χ2v) is 11.7. The standard InChI is InChI=1S/C22H30BrN5O4S.ClH/c1-17-8-10-27(11-9-17)22(29)7-6-21-24-20(25-32-21)16-26-12-14-28(15-13-26)33(30,31)19-4-2-18(23)3-5-19;/h2-5,17H,6-16H2,1H3;1H. The van der Waals surface area contributed by atoms with E-state index in [9.17, 15) is 13.2 Å². The molecule has 0 radical (unpaired) electrons. The number of amides is 1. The van der Waals surface area contributed by atoms with Crippen LogP contribution in [0, 0.1) is 5.92 Å². The second kappa shape index (κ2) is 11.9. The Morgan fingerprint density at radius 2 is 1.74 bits per heavy atom. The quantitative estimate of drug-likeness (QED) is 0.500. The van der Waals surface area contributed by atoms with Gasteiger partial charge in [0.05, 0.1) is 11.4 Å². The Bertz CT molecular complexity index is 1050. The smallest absolute Gasteiger partial charge is 0.243 e. The first-order chi connectivity index (χ1) is 15.8. The van der Waals surface area contributed by atoms with E-state index in [0.717, 1.165) is 30.4 Å². The topological polar surface area (TPSA) is 99.9 Å². The van der Waals surface area contributed by atoms with Gasteiger partial charge < -0.3 is 9.42 Å². The largest absolute Gasteiger partial charge is 0.343 e. The molecule has 2 saturated heterocycles. The zero-order valence-corrected chi connectivity index (χ0v) is 22.4. The van der Waals surface area contributed by atoms with E-state index in [0.29, 0.717) is 68.1 Å². The maximum Gasteiger partial charge on any atom is 0.243 e. The molecule has 2 aliphatic heterocycles. The van der Waals surface area contributed by atoms with Crippen LogP contribution in [0.25, 0.3) is 0 Å². The van der Waals surface area contributed by atoms with Crippen molar-refractivity contribution < 1.29 is 17.7 Å². The third-order valence-electron chi connectivity index (χ3n) is 6.35. The number of piperazine rings is 1. The summed E-state index contributed by atoms with van der Waals surface area (Å²) in [6, 6.07) is 6.70. The van der Waals surface area contributed by atoms with E-state index >= 15 is 0 Å². The minimum Gasteiger partial charge on any atom is -0.343 e. The van der Waals surface area contributed by atoms with Crippen molar-refractivity contribution in [3.05, 3.63) is 40.5 Å². The zero-order chi connectivity index (χ0) is 23.4. The van der Waals surface area contributed by atoms with Crippen LogP contribution >= 0.6 is 28.3 Å². The lowest BCUT2D eigenvalue weighted by molar-refractivity contribution is -0.132. The van der Waals surface area contributed by atoms with Crippen molar-refractivity contribution in [2.24, 2.45) is 5.92 Å². The molecule has 3 heterocycles. The molecule has 0 N–H and O–H groups in total. The number of likely N-dealkylation sites (tertiary alicyclic amines) is 1. The molecule has 34 heavy (non-hydrogen) atoms. The minimum atomic E-state index is -3.50. The minimum absolute atomic E-state index is 0. The molecular formula is C22H31BrClN5O4S. The molecular weight excluding hydrogens is 546 g/mol. The highest BCUT2D eigenvalue weighted by molar-refractivity contribution is 9.10. The van der Waals surface area contributed by atoms with Gasteiger partial charge in [-0.15, -0.1) is 12.4 Å². The number of carbonyl (C=O) groups is 1. The van der Waals surface area contributed by atoms with Crippen LogP contribution in [0.3, 0.4) is 0 Å². The third-order valence-corrected chi connectivity index (χ3v) is 8.79. The fourth-order valence-electron chi connectivity index (χ4n) is 4.17. The van der Waals surface area contributed by atoms with Crippen LogP contribution in [-0.4, -0.2) is 77.8 Å². The van der Waals surface area contributed by atoms with Crippen LogP contribution < -0.4 is 0 Å². The van der Waals surface area contributed by atoms with Gasteiger partial charge in [-0.1, -0.05) is 28.0 Å². The summed E-state index contributed by atoms with van der Waals surface area (Å²) in [6.45, 7) is 6.38. The highest BCUT2D eigenvalue weighted by Gasteiger charge is 2.29. The lowest BCUT2D eigenvalue weighted by atomic mass is 9.99. The number of benzene rings is 1. The normalized spacial score (nSPS) is 18.6. The van der Waals surface area contributed by atoms with Crippen molar-refractivity contribution >= 4 is 44.3 Å². The number of halogens is 2. The number of aromatic nitrogens is 2. The molecule has 0 bridgehead atoms. The first-order valence-corrected chi connectivity index (χ1v) is 13.6. The number of carbonyl (C=O) groups excluding carboxylic acids is 1. The van der Waals surface area contributed by atoms with Crippen LogP contribution in [0.15, 0.2) is 38.2 Å². The lowest BCUT2D eigenvalue weighted by Crippen LogP contribution is -2.48. The van der Waals surface area contributed by atoms with Crippen LogP contribution in [0.1, 0.15) is 37.9 Å². The fourth-order valence-corrected chi connectivity index (χ4v) is 5.86. The van der Waals surface area contributed by atoms with E-state index in [-0.39, 0.29) is 18.3 Å². The van der Waals surface area contributed by atoms with Crippen molar-refractivity contribution in [2.75, 3.05) is 39.3 Å². The molecule has 9 nitrogen and oxygen atoms in total. The Hall–Kier alpha value is -1.53. The van der Waals surface area contributed by atoms with Gasteiger partial charge in [0.2, 0.25) is 21.8 Å². The molecule has 1 amide bonds. The maximum atomic E-state index is 12.8. The molecule has 0 atom stereocenters. The summed E-state index contributed by atoms with van der Waals surface area (Å²) < 4.78 is 33.4. The van der Waals surface area contributed by atoms with E-state index in [1.807, 2.05) is 4.90 Å². The van der Waals surface area contributed by atoms with Gasteiger partial charge in [-0.05, 0) is 43.0 Å². The average Bonchev–Trinajstić information content (AvgIpc) is 3.26. The lowest BCUT2D eigenvalue weighted by Gasteiger charge is -2.33. The van der Waals surface area contributed by atoms with Gasteiger partial charge in [0.15, 0.2) is 5.82 Å². The van der Waals surface area contributed by atoms with Crippen LogP contribution in [0.4, 0.5) is 0 Å². The highest BCUT2D eigenvalue weighted by atomic mass is 79.9. The molecule has 0 unspecified atom stereocenters. The van der Waals surface area contributed by atoms with Crippen LogP contribution in [0.5, 0.6) is 0 Å². The first-order valence-electron chi connectivity index (χ1n) is 11.4. The molecule has 4 rings (SSSR count). The Morgan fingerprint density at radius 1 is 1.09 bits per heavy atom. The molecule has 1 aromatic heterocycles. The predicted molar refractivity (Wildman–Crippen MR) is 133 cm³/mol. The average molecular weight is 577 g/mol. The third kappa shape index (κ3) is 6.78. The van der Waals surface area contributed by atoms with E-state index < -0.39 is 10.0 Å². The maximum absolute atomic E-state index is 12.8. The Balaban J connectivity index is 0.00000324. The van der Waals surface area contributed by atoms with Crippen molar-refractivity contribution in [3.63, 3.8) is 0 Å². The zero-order valence-electron chi connectivity index (χ0n) is 19.2. The monoisotopic (exact) mass is 575 g/mol. The highest BCUT2D eigenvalue weighted by Crippen LogP contribution is 2.21. The summed E-state index contributed by atoms with van der Waals surface area (Å²) in [5.74, 6) is 1.87. The molecule has 1 aromatic carbocycles. The summed E-state index contributed by atoms with van der Waals surface area (Å²) in [6.07, 6.45) is 2.95. The number of rotatable bonds is 7. The number of aryl methyl sites for hydroxylation is 1. The van der Waals surface area contributed by atoms with E-state index in [4.69, 9.17) is 4.52 Å². The van der Waals surface area contributed by atoms with Crippen molar-refractivity contribution in [1.82, 2.24) is 24.2 Å². The molecule has 0 saturated carbocycles. The molecule has 188 valence electrons. The van der Waals surface area contributed by atoms with Crippen LogP contribution in [0.2, 0.25) is 0 Å². The summed E-state index contributed by atoms with van der Waals surface area (Å²) in [5, 5.41) is 4.05. The molecule has 12 heteroatoms. The second-order valence-electron chi connectivity index (χ2n) is 8.80. The van der Waals surface area contributed by atoms with Crippen molar-refractivity contribution in [3.8, 4) is 0 Å². The van der Waals surface area contributed by atoms with E-state index in [1.165, 1.54) is 4.31 Å². The Kier molecular flexibility index (Phi) is 9.50. The fraction of sp³-hybridized carbons (Fsp3) is 0.591. The van der Waals surface area contributed by atoms with Gasteiger partial charge >= 0.3 is 0 Å².